The second-order valence-electron chi connectivity index (χ2n) is 7.35. The number of hydrogen-bond donors (Lipinski definition) is 3. The molecule has 1 saturated heterocycles. The minimum atomic E-state index is -0.231. The van der Waals surface area contributed by atoms with E-state index in [0.29, 0.717) is 18.7 Å². The van der Waals surface area contributed by atoms with Gasteiger partial charge >= 0.3 is 6.03 Å². The van der Waals surface area contributed by atoms with Crippen LogP contribution in [0.2, 0.25) is 0 Å². The summed E-state index contributed by atoms with van der Waals surface area (Å²) in [6, 6.07) is 17.6. The van der Waals surface area contributed by atoms with Gasteiger partial charge < -0.3 is 20.6 Å². The number of urea groups is 1. The third-order valence-electron chi connectivity index (χ3n) is 5.55. The highest BCUT2D eigenvalue weighted by Crippen LogP contribution is 2.41. The van der Waals surface area contributed by atoms with Gasteiger partial charge in [-0.25, -0.2) is 4.79 Å². The highest BCUT2D eigenvalue weighted by molar-refractivity contribution is 5.77. The first kappa shape index (κ1) is 20.8. The minimum Gasteiger partial charge on any atom is -0.394 e. The number of hydrogen-bond acceptors (Lipinski definition) is 4. The SMILES string of the molecule is CCCNC(=O)N1[C@H](CO)[C@H](c2ccc(-c3ccc(C#N)cc3)cc2)[C@@H]1CNC. The second-order valence-corrected chi connectivity index (χ2v) is 7.35. The zero-order chi connectivity index (χ0) is 20.8. The van der Waals surface area contributed by atoms with Gasteiger partial charge in [0.2, 0.25) is 0 Å². The van der Waals surface area contributed by atoms with Gasteiger partial charge in [0.25, 0.3) is 0 Å². The van der Waals surface area contributed by atoms with Gasteiger partial charge in [0.05, 0.1) is 30.3 Å². The number of likely N-dealkylation sites (tertiary alicyclic amines) is 1. The number of likely N-dealkylation sites (N-methyl/N-ethyl adjacent to an activating group) is 1. The van der Waals surface area contributed by atoms with E-state index >= 15 is 0 Å². The van der Waals surface area contributed by atoms with Crippen molar-refractivity contribution >= 4 is 6.03 Å². The molecule has 2 aromatic carbocycles. The normalized spacial score (nSPS) is 20.6. The van der Waals surface area contributed by atoms with Crippen molar-refractivity contribution in [1.29, 1.82) is 5.26 Å². The van der Waals surface area contributed by atoms with E-state index < -0.39 is 0 Å². The van der Waals surface area contributed by atoms with Crippen LogP contribution in [0, 0.1) is 11.3 Å². The average Bonchev–Trinajstić information content (AvgIpc) is 2.75. The Labute approximate surface area is 172 Å². The van der Waals surface area contributed by atoms with Gasteiger partial charge in [0.15, 0.2) is 0 Å². The molecule has 0 radical (unpaired) electrons. The van der Waals surface area contributed by atoms with Crippen molar-refractivity contribution in [2.45, 2.75) is 31.3 Å². The Morgan fingerprint density at radius 2 is 1.72 bits per heavy atom. The maximum Gasteiger partial charge on any atom is 0.318 e. The lowest BCUT2D eigenvalue weighted by molar-refractivity contribution is -0.00649. The smallest absolute Gasteiger partial charge is 0.318 e. The van der Waals surface area contributed by atoms with Gasteiger partial charge in [-0.3, -0.25) is 0 Å². The predicted octanol–water partition coefficient (Wildman–Crippen LogP) is 2.69. The molecule has 0 unspecified atom stereocenters. The van der Waals surface area contributed by atoms with Crippen molar-refractivity contribution in [3.63, 3.8) is 0 Å². The van der Waals surface area contributed by atoms with Gasteiger partial charge in [-0.15, -0.1) is 0 Å². The Hall–Kier alpha value is -2.88. The number of benzene rings is 2. The predicted molar refractivity (Wildman–Crippen MR) is 113 cm³/mol. The standard InChI is InChI=1S/C23H28N4O2/c1-3-12-26-23(29)27-20(14-25-2)22(21(27)15-28)19-10-8-18(9-11-19)17-6-4-16(13-24)5-7-17/h4-11,20-22,25,28H,3,12,14-15H2,1-2H3,(H,26,29)/t20-,21+,22+/m0/s1. The van der Waals surface area contributed by atoms with E-state index in [2.05, 4.69) is 41.0 Å². The number of aliphatic hydroxyl groups is 1. The first-order valence-corrected chi connectivity index (χ1v) is 10.1. The summed E-state index contributed by atoms with van der Waals surface area (Å²) in [5.74, 6) is 0.0786. The summed E-state index contributed by atoms with van der Waals surface area (Å²) in [5.41, 5.74) is 3.87. The molecule has 3 atom stereocenters. The molecule has 2 amide bonds. The molecule has 29 heavy (non-hydrogen) atoms. The van der Waals surface area contributed by atoms with E-state index in [-0.39, 0.29) is 30.6 Å². The summed E-state index contributed by atoms with van der Waals surface area (Å²) in [5, 5.41) is 25.0. The fourth-order valence-corrected chi connectivity index (χ4v) is 4.09. The summed E-state index contributed by atoms with van der Waals surface area (Å²) in [7, 11) is 1.87. The molecule has 0 spiro atoms. The Morgan fingerprint density at radius 1 is 1.10 bits per heavy atom. The molecule has 0 bridgehead atoms. The lowest BCUT2D eigenvalue weighted by Gasteiger charge is -2.54. The lowest BCUT2D eigenvalue weighted by Crippen LogP contribution is -2.69. The summed E-state index contributed by atoms with van der Waals surface area (Å²) in [6.45, 7) is 3.24. The summed E-state index contributed by atoms with van der Waals surface area (Å²) >= 11 is 0. The third-order valence-corrected chi connectivity index (χ3v) is 5.55. The van der Waals surface area contributed by atoms with Crippen LogP contribution in [0.15, 0.2) is 48.5 Å². The number of aliphatic hydroxyl groups excluding tert-OH is 1. The number of carbonyl (C=O) groups excluding carboxylic acids is 1. The molecular formula is C23H28N4O2. The topological polar surface area (TPSA) is 88.4 Å². The molecule has 0 aliphatic carbocycles. The van der Waals surface area contributed by atoms with Crippen LogP contribution in [0.3, 0.4) is 0 Å². The first-order valence-electron chi connectivity index (χ1n) is 10.1. The molecule has 3 rings (SSSR count). The van der Waals surface area contributed by atoms with Crippen molar-refractivity contribution in [2.75, 3.05) is 26.7 Å². The highest BCUT2D eigenvalue weighted by Gasteiger charge is 2.50. The van der Waals surface area contributed by atoms with Gasteiger partial charge in [-0.2, -0.15) is 5.26 Å². The van der Waals surface area contributed by atoms with Crippen molar-refractivity contribution in [1.82, 2.24) is 15.5 Å². The van der Waals surface area contributed by atoms with E-state index in [1.54, 1.807) is 4.90 Å². The van der Waals surface area contributed by atoms with Gasteiger partial charge in [-0.05, 0) is 42.3 Å². The summed E-state index contributed by atoms with van der Waals surface area (Å²) < 4.78 is 0. The summed E-state index contributed by atoms with van der Waals surface area (Å²) in [4.78, 5) is 14.3. The van der Waals surface area contributed by atoms with E-state index in [1.165, 1.54) is 0 Å². The van der Waals surface area contributed by atoms with Crippen LogP contribution in [0.1, 0.15) is 30.4 Å². The number of rotatable bonds is 7. The highest BCUT2D eigenvalue weighted by atomic mass is 16.3. The quantitative estimate of drug-likeness (QED) is 0.676. The molecule has 1 aliphatic heterocycles. The molecule has 152 valence electrons. The Morgan fingerprint density at radius 3 is 2.24 bits per heavy atom. The second kappa shape index (κ2) is 9.55. The molecule has 1 aliphatic rings. The summed E-state index contributed by atoms with van der Waals surface area (Å²) in [6.07, 6.45) is 0.875. The van der Waals surface area contributed by atoms with Gasteiger partial charge in [0.1, 0.15) is 0 Å². The van der Waals surface area contributed by atoms with Crippen molar-refractivity contribution in [3.05, 3.63) is 59.7 Å². The largest absolute Gasteiger partial charge is 0.394 e. The number of nitrogens with one attached hydrogen (secondary N) is 2. The molecule has 6 heteroatoms. The fraction of sp³-hybridized carbons (Fsp3) is 0.391. The molecule has 2 aromatic rings. The lowest BCUT2D eigenvalue weighted by atomic mass is 9.75. The van der Waals surface area contributed by atoms with Crippen LogP contribution in [0.5, 0.6) is 0 Å². The maximum absolute atomic E-state index is 12.6. The van der Waals surface area contributed by atoms with Crippen molar-refractivity contribution in [2.24, 2.45) is 0 Å². The number of carbonyl (C=O) groups is 1. The van der Waals surface area contributed by atoms with E-state index in [0.717, 1.165) is 23.1 Å². The number of amides is 2. The van der Waals surface area contributed by atoms with Crippen molar-refractivity contribution in [3.8, 4) is 17.2 Å². The zero-order valence-electron chi connectivity index (χ0n) is 16.9. The monoisotopic (exact) mass is 392 g/mol. The Balaban J connectivity index is 1.80. The molecule has 3 N–H and O–H groups in total. The Bertz CT molecular complexity index is 858. The van der Waals surface area contributed by atoms with Gasteiger partial charge in [-0.1, -0.05) is 43.3 Å². The molecular weight excluding hydrogens is 364 g/mol. The molecule has 6 nitrogen and oxygen atoms in total. The molecule has 1 heterocycles. The number of nitrogens with zero attached hydrogens (tertiary/aromatic N) is 2. The van der Waals surface area contributed by atoms with E-state index in [9.17, 15) is 9.90 Å². The van der Waals surface area contributed by atoms with Crippen LogP contribution in [-0.4, -0.2) is 54.9 Å². The van der Waals surface area contributed by atoms with Crippen molar-refractivity contribution < 1.29 is 9.90 Å². The third kappa shape index (κ3) is 4.26. The molecule has 1 fully saturated rings. The zero-order valence-corrected chi connectivity index (χ0v) is 16.9. The van der Waals surface area contributed by atoms with E-state index in [4.69, 9.17) is 5.26 Å². The molecule has 0 aromatic heterocycles. The number of nitriles is 1. The fourth-order valence-electron chi connectivity index (χ4n) is 4.09. The maximum atomic E-state index is 12.6. The Kier molecular flexibility index (Phi) is 6.86. The van der Waals surface area contributed by atoms with E-state index in [1.807, 2.05) is 38.2 Å². The van der Waals surface area contributed by atoms with Crippen LogP contribution in [0.4, 0.5) is 4.79 Å². The molecule has 0 saturated carbocycles. The van der Waals surface area contributed by atoms with Gasteiger partial charge in [0, 0.05) is 19.0 Å². The average molecular weight is 393 g/mol. The van der Waals surface area contributed by atoms with Crippen LogP contribution < -0.4 is 10.6 Å². The van der Waals surface area contributed by atoms with Crippen LogP contribution in [0.25, 0.3) is 11.1 Å². The van der Waals surface area contributed by atoms with Crippen LogP contribution in [-0.2, 0) is 0 Å². The minimum absolute atomic E-state index is 0.00484. The first-order chi connectivity index (χ1) is 14.1. The van der Waals surface area contributed by atoms with Crippen LogP contribution >= 0.6 is 0 Å².